The van der Waals surface area contributed by atoms with E-state index in [2.05, 4.69) is 15.6 Å². The number of amides is 1. The van der Waals surface area contributed by atoms with E-state index in [0.29, 0.717) is 46.5 Å². The summed E-state index contributed by atoms with van der Waals surface area (Å²) in [6, 6.07) is 1.56. The van der Waals surface area contributed by atoms with Crippen molar-refractivity contribution in [1.29, 1.82) is 0 Å². The first-order chi connectivity index (χ1) is 9.60. The van der Waals surface area contributed by atoms with E-state index in [-0.39, 0.29) is 5.91 Å². The van der Waals surface area contributed by atoms with Crippen molar-refractivity contribution in [1.82, 2.24) is 10.6 Å². The zero-order chi connectivity index (χ0) is 14.7. The van der Waals surface area contributed by atoms with Crippen LogP contribution in [-0.4, -0.2) is 38.5 Å². The number of hydrogen-bond acceptors (Lipinski definition) is 5. The normalized spacial score (nSPS) is 13.7. The maximum Gasteiger partial charge on any atom is 0.255 e. The van der Waals surface area contributed by atoms with E-state index >= 15 is 0 Å². The molecular weight excluding hydrogens is 280 g/mol. The Bertz CT molecular complexity index is 572. The number of halogens is 1. The Hall–Kier alpha value is -1.95. The molecule has 2 rings (SSSR count). The standard InChI is InChI=1S/C13H17ClN4O2/c1-3-16-13(19)7-6-8(14)9(10(15)11(7)20-2)12-17-4-5-18-12/h6H,3-5,15H2,1-2H3,(H,16,19)(H,17,18). The molecule has 1 aliphatic rings. The minimum atomic E-state index is -0.272. The second-order valence-electron chi connectivity index (χ2n) is 4.24. The number of nitrogens with two attached hydrogens (primary N) is 1. The molecule has 6 nitrogen and oxygen atoms in total. The van der Waals surface area contributed by atoms with Crippen LogP contribution in [0.1, 0.15) is 22.8 Å². The number of nitrogens with one attached hydrogen (secondary N) is 2. The van der Waals surface area contributed by atoms with Crippen molar-refractivity contribution >= 4 is 29.0 Å². The predicted molar refractivity (Wildman–Crippen MR) is 79.8 cm³/mol. The summed E-state index contributed by atoms with van der Waals surface area (Å²) in [6.45, 7) is 3.76. The number of hydrogen-bond donors (Lipinski definition) is 3. The van der Waals surface area contributed by atoms with Crippen molar-refractivity contribution in [3.63, 3.8) is 0 Å². The Balaban J connectivity index is 2.55. The summed E-state index contributed by atoms with van der Waals surface area (Å²) in [6.07, 6.45) is 0. The molecule has 1 aromatic carbocycles. The molecule has 0 aliphatic carbocycles. The average Bonchev–Trinajstić information content (AvgIpc) is 2.92. The van der Waals surface area contributed by atoms with E-state index in [9.17, 15) is 4.79 Å². The SMILES string of the molecule is CCNC(=O)c1cc(Cl)c(C2=NCCN2)c(N)c1OC. The van der Waals surface area contributed by atoms with Crippen molar-refractivity contribution in [3.8, 4) is 5.75 Å². The van der Waals surface area contributed by atoms with Crippen molar-refractivity contribution in [3.05, 3.63) is 22.2 Å². The molecule has 20 heavy (non-hydrogen) atoms. The van der Waals surface area contributed by atoms with Crippen LogP contribution in [0, 0.1) is 0 Å². The van der Waals surface area contributed by atoms with Gasteiger partial charge in [0.05, 0.1) is 35.5 Å². The monoisotopic (exact) mass is 296 g/mol. The predicted octanol–water partition coefficient (Wildman–Crippen LogP) is 1.03. The molecule has 1 heterocycles. The number of nitrogens with zero attached hydrogens (tertiary/aromatic N) is 1. The van der Waals surface area contributed by atoms with Crippen LogP contribution in [0.4, 0.5) is 5.69 Å². The Morgan fingerprint density at radius 2 is 2.40 bits per heavy atom. The number of amidine groups is 1. The van der Waals surface area contributed by atoms with Crippen LogP contribution >= 0.6 is 11.6 Å². The highest BCUT2D eigenvalue weighted by Gasteiger charge is 2.24. The van der Waals surface area contributed by atoms with Crippen molar-refractivity contribution in [2.45, 2.75) is 6.92 Å². The first kappa shape index (κ1) is 14.5. The zero-order valence-electron chi connectivity index (χ0n) is 11.4. The van der Waals surface area contributed by atoms with Crippen LogP contribution in [0.3, 0.4) is 0 Å². The van der Waals surface area contributed by atoms with Crippen molar-refractivity contribution in [2.24, 2.45) is 4.99 Å². The molecule has 0 bridgehead atoms. The van der Waals surface area contributed by atoms with Gasteiger partial charge in [-0.3, -0.25) is 9.79 Å². The van der Waals surface area contributed by atoms with Gasteiger partial charge in [-0.25, -0.2) is 0 Å². The number of carbonyl (C=O) groups excluding carboxylic acids is 1. The molecule has 0 saturated heterocycles. The summed E-state index contributed by atoms with van der Waals surface area (Å²) >= 11 is 6.25. The van der Waals surface area contributed by atoms with Crippen LogP contribution in [0.15, 0.2) is 11.1 Å². The highest BCUT2D eigenvalue weighted by molar-refractivity contribution is 6.35. The number of nitrogen functional groups attached to an aromatic ring is 1. The van der Waals surface area contributed by atoms with Gasteiger partial charge in [-0.2, -0.15) is 0 Å². The van der Waals surface area contributed by atoms with E-state index in [4.69, 9.17) is 22.1 Å². The summed E-state index contributed by atoms with van der Waals surface area (Å²) in [5.74, 6) is 0.672. The minimum Gasteiger partial charge on any atom is -0.494 e. The highest BCUT2D eigenvalue weighted by Crippen LogP contribution is 2.35. The lowest BCUT2D eigenvalue weighted by Gasteiger charge is -2.16. The van der Waals surface area contributed by atoms with Gasteiger partial charge in [-0.1, -0.05) is 11.6 Å². The molecule has 0 saturated carbocycles. The van der Waals surface area contributed by atoms with Gasteiger partial charge >= 0.3 is 0 Å². The van der Waals surface area contributed by atoms with Gasteiger partial charge in [0.15, 0.2) is 5.75 Å². The summed E-state index contributed by atoms with van der Waals surface area (Å²) in [5.41, 5.74) is 7.31. The van der Waals surface area contributed by atoms with E-state index < -0.39 is 0 Å². The molecule has 0 unspecified atom stereocenters. The lowest BCUT2D eigenvalue weighted by atomic mass is 10.1. The summed E-state index contributed by atoms with van der Waals surface area (Å²) in [7, 11) is 1.47. The number of rotatable bonds is 4. The second kappa shape index (κ2) is 6.00. The molecule has 108 valence electrons. The van der Waals surface area contributed by atoms with Crippen LogP contribution in [-0.2, 0) is 0 Å². The Kier molecular flexibility index (Phi) is 4.34. The quantitative estimate of drug-likeness (QED) is 0.724. The van der Waals surface area contributed by atoms with Gasteiger partial charge in [-0.15, -0.1) is 0 Å². The number of methoxy groups -OCH3 is 1. The summed E-state index contributed by atoms with van der Waals surface area (Å²) in [4.78, 5) is 16.3. The van der Waals surface area contributed by atoms with Crippen LogP contribution < -0.4 is 21.1 Å². The average molecular weight is 297 g/mol. The zero-order valence-corrected chi connectivity index (χ0v) is 12.2. The number of carbonyl (C=O) groups is 1. The van der Waals surface area contributed by atoms with Gasteiger partial charge in [0.25, 0.3) is 5.91 Å². The van der Waals surface area contributed by atoms with Gasteiger partial charge in [0.1, 0.15) is 5.84 Å². The van der Waals surface area contributed by atoms with Crippen LogP contribution in [0.2, 0.25) is 5.02 Å². The number of aliphatic imine (C=N–C) groups is 1. The van der Waals surface area contributed by atoms with E-state index in [0.717, 1.165) is 6.54 Å². The lowest BCUT2D eigenvalue weighted by molar-refractivity contribution is 0.0953. The number of anilines is 1. The summed E-state index contributed by atoms with van der Waals surface area (Å²) < 4.78 is 5.27. The number of benzene rings is 1. The molecule has 1 aromatic rings. The molecular formula is C13H17ClN4O2. The topological polar surface area (TPSA) is 88.7 Å². The fourth-order valence-corrected chi connectivity index (χ4v) is 2.40. The minimum absolute atomic E-state index is 0.272. The maximum absolute atomic E-state index is 12.0. The van der Waals surface area contributed by atoms with Gasteiger partial charge in [0.2, 0.25) is 0 Å². The van der Waals surface area contributed by atoms with E-state index in [1.165, 1.54) is 7.11 Å². The van der Waals surface area contributed by atoms with E-state index in [1.54, 1.807) is 6.07 Å². The smallest absolute Gasteiger partial charge is 0.255 e. The van der Waals surface area contributed by atoms with Gasteiger partial charge in [0, 0.05) is 13.1 Å². The molecule has 1 amide bonds. The Labute approximate surface area is 122 Å². The molecule has 7 heteroatoms. The molecule has 4 N–H and O–H groups in total. The van der Waals surface area contributed by atoms with Crippen LogP contribution in [0.25, 0.3) is 0 Å². The third kappa shape index (κ3) is 2.51. The molecule has 0 atom stereocenters. The molecule has 0 fully saturated rings. The lowest BCUT2D eigenvalue weighted by Crippen LogP contribution is -2.25. The first-order valence-corrected chi connectivity index (χ1v) is 6.70. The Morgan fingerprint density at radius 3 is 2.95 bits per heavy atom. The Morgan fingerprint density at radius 1 is 1.65 bits per heavy atom. The van der Waals surface area contributed by atoms with Crippen molar-refractivity contribution < 1.29 is 9.53 Å². The third-order valence-corrected chi connectivity index (χ3v) is 3.26. The first-order valence-electron chi connectivity index (χ1n) is 6.33. The van der Waals surface area contributed by atoms with E-state index in [1.807, 2.05) is 6.92 Å². The molecule has 0 aromatic heterocycles. The highest BCUT2D eigenvalue weighted by atomic mass is 35.5. The third-order valence-electron chi connectivity index (χ3n) is 2.97. The fourth-order valence-electron chi connectivity index (χ4n) is 2.10. The van der Waals surface area contributed by atoms with Crippen molar-refractivity contribution in [2.75, 3.05) is 32.5 Å². The molecule has 0 spiro atoms. The molecule has 1 aliphatic heterocycles. The summed E-state index contributed by atoms with van der Waals surface area (Å²) in [5, 5.41) is 6.18. The largest absolute Gasteiger partial charge is 0.494 e. The molecule has 0 radical (unpaired) electrons. The van der Waals surface area contributed by atoms with Crippen LogP contribution in [0.5, 0.6) is 5.75 Å². The van der Waals surface area contributed by atoms with Gasteiger partial charge in [-0.05, 0) is 13.0 Å². The maximum atomic E-state index is 12.0. The number of ether oxygens (including phenoxy) is 1. The van der Waals surface area contributed by atoms with Gasteiger partial charge < -0.3 is 21.1 Å². The second-order valence-corrected chi connectivity index (χ2v) is 4.65. The fraction of sp³-hybridized carbons (Fsp3) is 0.385.